The van der Waals surface area contributed by atoms with Gasteiger partial charge < -0.3 is 25.2 Å². The van der Waals surface area contributed by atoms with Gasteiger partial charge in [-0.2, -0.15) is 0 Å². The van der Waals surface area contributed by atoms with Crippen molar-refractivity contribution in [3.63, 3.8) is 0 Å². The van der Waals surface area contributed by atoms with Gasteiger partial charge in [-0.05, 0) is 36.7 Å². The highest BCUT2D eigenvalue weighted by molar-refractivity contribution is 5.95. The summed E-state index contributed by atoms with van der Waals surface area (Å²) in [4.78, 5) is 13.0. The van der Waals surface area contributed by atoms with Crippen molar-refractivity contribution in [2.45, 2.75) is 18.1 Å². The van der Waals surface area contributed by atoms with Crippen LogP contribution >= 0.6 is 0 Å². The van der Waals surface area contributed by atoms with Crippen LogP contribution in [0, 0.1) is 0 Å². The average Bonchev–Trinajstić information content (AvgIpc) is 2.69. The van der Waals surface area contributed by atoms with Crippen LogP contribution in [0.5, 0.6) is 11.5 Å². The lowest BCUT2D eigenvalue weighted by Gasteiger charge is -2.43. The molecule has 0 aromatic heterocycles. The van der Waals surface area contributed by atoms with Crippen LogP contribution in [0.15, 0.2) is 48.5 Å². The monoisotopic (exact) mass is 356 g/mol. The molecule has 0 bridgehead atoms. The van der Waals surface area contributed by atoms with Gasteiger partial charge >= 0.3 is 0 Å². The number of aliphatic hydroxyl groups is 1. The Kier molecular flexibility index (Phi) is 5.44. The van der Waals surface area contributed by atoms with Gasteiger partial charge in [0, 0.05) is 12.1 Å². The molecule has 6 heteroatoms. The number of amides is 1. The van der Waals surface area contributed by atoms with Gasteiger partial charge in [-0.25, -0.2) is 0 Å². The molecule has 0 spiro atoms. The van der Waals surface area contributed by atoms with E-state index < -0.39 is 11.6 Å². The first-order valence-corrected chi connectivity index (χ1v) is 8.59. The third kappa shape index (κ3) is 3.38. The van der Waals surface area contributed by atoms with Crippen LogP contribution in [0.4, 0.5) is 0 Å². The van der Waals surface area contributed by atoms with Crippen LogP contribution in [-0.4, -0.2) is 44.4 Å². The maximum absolute atomic E-state index is 13.0. The van der Waals surface area contributed by atoms with E-state index >= 15 is 0 Å². The van der Waals surface area contributed by atoms with Gasteiger partial charge in [0.05, 0.1) is 25.9 Å². The molecule has 138 valence electrons. The van der Waals surface area contributed by atoms with E-state index in [4.69, 9.17) is 9.47 Å². The summed E-state index contributed by atoms with van der Waals surface area (Å²) in [6.07, 6.45) is -0.139. The van der Waals surface area contributed by atoms with Crippen LogP contribution in [0.2, 0.25) is 0 Å². The molecule has 3 N–H and O–H groups in total. The fourth-order valence-electron chi connectivity index (χ4n) is 3.41. The Morgan fingerprint density at radius 2 is 1.88 bits per heavy atom. The molecule has 1 aliphatic heterocycles. The minimum absolute atomic E-state index is 0.268. The molecule has 26 heavy (non-hydrogen) atoms. The molecular weight excluding hydrogens is 332 g/mol. The molecule has 0 saturated carbocycles. The van der Waals surface area contributed by atoms with Crippen molar-refractivity contribution < 1.29 is 19.4 Å². The number of hydrogen-bond acceptors (Lipinski definition) is 5. The molecule has 0 radical (unpaired) electrons. The highest BCUT2D eigenvalue weighted by Gasteiger charge is 2.42. The van der Waals surface area contributed by atoms with Crippen LogP contribution in [0.3, 0.4) is 0 Å². The average molecular weight is 356 g/mol. The van der Waals surface area contributed by atoms with Gasteiger partial charge in [0.15, 0.2) is 11.5 Å². The van der Waals surface area contributed by atoms with Crippen molar-refractivity contribution >= 4 is 5.91 Å². The summed E-state index contributed by atoms with van der Waals surface area (Å²) in [6.45, 7) is 1.12. The third-order valence-corrected chi connectivity index (χ3v) is 4.87. The van der Waals surface area contributed by atoms with Crippen molar-refractivity contribution in [3.05, 3.63) is 59.7 Å². The maximum atomic E-state index is 13.0. The van der Waals surface area contributed by atoms with E-state index in [1.807, 2.05) is 30.3 Å². The summed E-state index contributed by atoms with van der Waals surface area (Å²) in [6, 6.07) is 14.6. The number of nitrogens with one attached hydrogen (secondary N) is 2. The lowest BCUT2D eigenvalue weighted by atomic mass is 9.79. The number of piperidine rings is 1. The Morgan fingerprint density at radius 1 is 1.15 bits per heavy atom. The SMILES string of the molecule is COc1ccc(C(=O)N[C@]2(c3ccccc3)CCNC[C@H]2O)cc1OC. The predicted molar refractivity (Wildman–Crippen MR) is 98.6 cm³/mol. The number of β-amino-alcohol motifs (C(OH)–C–C–N with tert-alkyl or cyclic N) is 1. The summed E-state index contributed by atoms with van der Waals surface area (Å²) in [5.74, 6) is 0.777. The van der Waals surface area contributed by atoms with Gasteiger partial charge in [-0.3, -0.25) is 4.79 Å². The highest BCUT2D eigenvalue weighted by Crippen LogP contribution is 2.32. The van der Waals surface area contributed by atoms with Gasteiger partial charge in [0.1, 0.15) is 0 Å². The first kappa shape index (κ1) is 18.2. The van der Waals surface area contributed by atoms with Gasteiger partial charge in [0.2, 0.25) is 0 Å². The molecule has 6 nitrogen and oxygen atoms in total. The fourth-order valence-corrected chi connectivity index (χ4v) is 3.41. The smallest absolute Gasteiger partial charge is 0.252 e. The molecule has 2 atom stereocenters. The number of rotatable bonds is 5. The maximum Gasteiger partial charge on any atom is 0.252 e. The zero-order chi connectivity index (χ0) is 18.6. The van der Waals surface area contributed by atoms with Gasteiger partial charge in [-0.15, -0.1) is 0 Å². The van der Waals surface area contributed by atoms with E-state index in [2.05, 4.69) is 10.6 Å². The summed E-state index contributed by atoms with van der Waals surface area (Å²) in [7, 11) is 3.08. The fraction of sp³-hybridized carbons (Fsp3) is 0.350. The largest absolute Gasteiger partial charge is 0.493 e. The Labute approximate surface area is 153 Å². The minimum atomic E-state index is -0.837. The summed E-state index contributed by atoms with van der Waals surface area (Å²) < 4.78 is 10.5. The molecule has 2 aromatic rings. The molecule has 3 rings (SSSR count). The molecule has 1 amide bonds. The van der Waals surface area contributed by atoms with Crippen LogP contribution in [-0.2, 0) is 5.54 Å². The Bertz CT molecular complexity index is 766. The van der Waals surface area contributed by atoms with Crippen LogP contribution in [0.25, 0.3) is 0 Å². The molecule has 0 unspecified atom stereocenters. The number of hydrogen-bond donors (Lipinski definition) is 3. The third-order valence-electron chi connectivity index (χ3n) is 4.87. The number of aliphatic hydroxyl groups excluding tert-OH is 1. The Hall–Kier alpha value is -2.57. The zero-order valence-electron chi connectivity index (χ0n) is 15.0. The van der Waals surface area contributed by atoms with Crippen molar-refractivity contribution in [2.75, 3.05) is 27.3 Å². The standard InChI is InChI=1S/C20H24N2O4/c1-25-16-9-8-14(12-17(16)26-2)19(24)22-20(10-11-21-13-18(20)23)15-6-4-3-5-7-15/h3-9,12,18,21,23H,10-11,13H2,1-2H3,(H,22,24)/t18-,20+/m1/s1. The second-order valence-corrected chi connectivity index (χ2v) is 6.33. The van der Waals surface area contributed by atoms with Crippen molar-refractivity contribution in [1.29, 1.82) is 0 Å². The molecule has 1 saturated heterocycles. The molecule has 0 aliphatic carbocycles. The van der Waals surface area contributed by atoms with Crippen LogP contribution < -0.4 is 20.1 Å². The number of carbonyl (C=O) groups is 1. The summed E-state index contributed by atoms with van der Waals surface area (Å²) in [5, 5.41) is 17.0. The number of ether oxygens (including phenoxy) is 2. The summed E-state index contributed by atoms with van der Waals surface area (Å²) >= 11 is 0. The van der Waals surface area contributed by atoms with Crippen molar-refractivity contribution in [1.82, 2.24) is 10.6 Å². The molecule has 1 aliphatic rings. The van der Waals surface area contributed by atoms with E-state index in [9.17, 15) is 9.90 Å². The van der Waals surface area contributed by atoms with E-state index in [-0.39, 0.29) is 5.91 Å². The topological polar surface area (TPSA) is 79.8 Å². The quantitative estimate of drug-likeness (QED) is 0.760. The first-order valence-electron chi connectivity index (χ1n) is 8.59. The molecule has 2 aromatic carbocycles. The van der Waals surface area contributed by atoms with E-state index in [1.54, 1.807) is 25.3 Å². The Balaban J connectivity index is 1.94. The minimum Gasteiger partial charge on any atom is -0.493 e. The molecule has 1 fully saturated rings. The zero-order valence-corrected chi connectivity index (χ0v) is 15.0. The van der Waals surface area contributed by atoms with E-state index in [0.29, 0.717) is 36.6 Å². The van der Waals surface area contributed by atoms with E-state index in [1.165, 1.54) is 7.11 Å². The number of methoxy groups -OCH3 is 2. The van der Waals surface area contributed by atoms with Gasteiger partial charge in [0.25, 0.3) is 5.91 Å². The van der Waals surface area contributed by atoms with Crippen molar-refractivity contribution in [3.8, 4) is 11.5 Å². The molecule has 1 heterocycles. The lowest BCUT2D eigenvalue weighted by Crippen LogP contribution is -2.61. The second-order valence-electron chi connectivity index (χ2n) is 6.33. The number of benzene rings is 2. The Morgan fingerprint density at radius 3 is 2.54 bits per heavy atom. The first-order chi connectivity index (χ1) is 12.6. The highest BCUT2D eigenvalue weighted by atomic mass is 16.5. The number of carbonyl (C=O) groups excluding carboxylic acids is 1. The normalized spacial score (nSPS) is 22.5. The lowest BCUT2D eigenvalue weighted by molar-refractivity contribution is 0.0289. The summed E-state index contributed by atoms with van der Waals surface area (Å²) in [5.41, 5.74) is 0.503. The second kappa shape index (κ2) is 7.76. The van der Waals surface area contributed by atoms with Crippen molar-refractivity contribution in [2.24, 2.45) is 0 Å². The predicted octanol–water partition coefficient (Wildman–Crippen LogP) is 1.68. The van der Waals surface area contributed by atoms with Crippen LogP contribution in [0.1, 0.15) is 22.3 Å². The van der Waals surface area contributed by atoms with Gasteiger partial charge in [-0.1, -0.05) is 30.3 Å². The van der Waals surface area contributed by atoms with E-state index in [0.717, 1.165) is 5.56 Å². The molecular formula is C20H24N2O4.